The van der Waals surface area contributed by atoms with Crippen LogP contribution in [0.1, 0.15) is 5.82 Å². The first-order chi connectivity index (χ1) is 7.26. The van der Waals surface area contributed by atoms with Gasteiger partial charge in [0.2, 0.25) is 0 Å². The molecule has 0 saturated heterocycles. The summed E-state index contributed by atoms with van der Waals surface area (Å²) in [5, 5.41) is 0. The highest BCUT2D eigenvalue weighted by atomic mass is 32.1. The van der Waals surface area contributed by atoms with Gasteiger partial charge in [-0.25, -0.2) is 4.98 Å². The molecule has 1 heterocycles. The molecule has 0 saturated carbocycles. The Morgan fingerprint density at radius 2 is 2.27 bits per heavy atom. The van der Waals surface area contributed by atoms with E-state index in [-0.39, 0.29) is 0 Å². The molecule has 0 aliphatic carbocycles. The van der Waals surface area contributed by atoms with Crippen molar-refractivity contribution in [2.24, 2.45) is 7.05 Å². The van der Waals surface area contributed by atoms with Gasteiger partial charge in [-0.05, 0) is 17.9 Å². The van der Waals surface area contributed by atoms with Crippen LogP contribution in [0.5, 0.6) is 5.75 Å². The second-order valence-corrected chi connectivity index (χ2v) is 3.86. The van der Waals surface area contributed by atoms with Crippen LogP contribution >= 0.6 is 12.6 Å². The second kappa shape index (κ2) is 4.14. The molecule has 0 aliphatic rings. The molecule has 80 valence electrons. The van der Waals surface area contributed by atoms with Crippen molar-refractivity contribution in [2.75, 3.05) is 12.9 Å². The molecule has 0 aliphatic heterocycles. The number of rotatable bonds is 3. The number of hydrogen-bond donors (Lipinski definition) is 1. The monoisotopic (exact) mass is 222 g/mol. The van der Waals surface area contributed by atoms with E-state index in [9.17, 15) is 0 Å². The van der Waals surface area contributed by atoms with Crippen LogP contribution in [0.25, 0.3) is 11.0 Å². The zero-order valence-electron chi connectivity index (χ0n) is 8.90. The lowest BCUT2D eigenvalue weighted by Crippen LogP contribution is -1.98. The Balaban J connectivity index is 2.55. The Morgan fingerprint density at radius 3 is 2.93 bits per heavy atom. The molecule has 1 aromatic carbocycles. The second-order valence-electron chi connectivity index (χ2n) is 3.42. The van der Waals surface area contributed by atoms with Crippen molar-refractivity contribution in [3.8, 4) is 5.75 Å². The first-order valence-corrected chi connectivity index (χ1v) is 5.49. The van der Waals surface area contributed by atoms with E-state index in [2.05, 4.69) is 22.2 Å². The lowest BCUT2D eigenvalue weighted by atomic mass is 10.3. The summed E-state index contributed by atoms with van der Waals surface area (Å²) in [6, 6.07) is 5.94. The molecular formula is C11H14N2OS. The smallest absolute Gasteiger partial charge is 0.121 e. The molecule has 0 amide bonds. The summed E-state index contributed by atoms with van der Waals surface area (Å²) in [4.78, 5) is 4.54. The summed E-state index contributed by atoms with van der Waals surface area (Å²) < 4.78 is 7.27. The summed E-state index contributed by atoms with van der Waals surface area (Å²) in [6.07, 6.45) is 0.886. The normalized spacial score (nSPS) is 10.9. The van der Waals surface area contributed by atoms with Gasteiger partial charge in [-0.1, -0.05) is 0 Å². The van der Waals surface area contributed by atoms with E-state index in [1.807, 2.05) is 25.2 Å². The fraction of sp³-hybridized carbons (Fsp3) is 0.364. The van der Waals surface area contributed by atoms with Gasteiger partial charge in [-0.15, -0.1) is 0 Å². The third-order valence-corrected chi connectivity index (χ3v) is 2.74. The zero-order chi connectivity index (χ0) is 10.8. The highest BCUT2D eigenvalue weighted by molar-refractivity contribution is 7.80. The minimum atomic E-state index is 0.814. The standard InChI is InChI=1S/C11H14N2OS/c1-13-10-4-3-8(14-2)7-9(10)12-11(13)5-6-15/h3-4,7,15H,5-6H2,1-2H3. The van der Waals surface area contributed by atoms with Gasteiger partial charge in [0.25, 0.3) is 0 Å². The van der Waals surface area contributed by atoms with Gasteiger partial charge < -0.3 is 9.30 Å². The number of methoxy groups -OCH3 is 1. The van der Waals surface area contributed by atoms with Crippen molar-refractivity contribution in [1.82, 2.24) is 9.55 Å². The number of nitrogens with zero attached hydrogens (tertiary/aromatic N) is 2. The van der Waals surface area contributed by atoms with Crippen LogP contribution in [0.4, 0.5) is 0 Å². The average molecular weight is 222 g/mol. The van der Waals surface area contributed by atoms with Crippen LogP contribution in [-0.4, -0.2) is 22.4 Å². The number of fused-ring (bicyclic) bond motifs is 1. The van der Waals surface area contributed by atoms with Crippen LogP contribution in [0.2, 0.25) is 0 Å². The molecule has 3 nitrogen and oxygen atoms in total. The van der Waals surface area contributed by atoms with Crippen molar-refractivity contribution in [1.29, 1.82) is 0 Å². The van der Waals surface area contributed by atoms with Gasteiger partial charge in [0.1, 0.15) is 11.6 Å². The van der Waals surface area contributed by atoms with Crippen molar-refractivity contribution in [2.45, 2.75) is 6.42 Å². The molecule has 0 bridgehead atoms. The minimum Gasteiger partial charge on any atom is -0.497 e. The molecule has 2 rings (SSSR count). The van der Waals surface area contributed by atoms with Crippen LogP contribution in [0, 0.1) is 0 Å². The maximum atomic E-state index is 5.17. The van der Waals surface area contributed by atoms with E-state index < -0.39 is 0 Å². The molecular weight excluding hydrogens is 208 g/mol. The SMILES string of the molecule is COc1ccc2c(c1)nc(CCS)n2C. The van der Waals surface area contributed by atoms with Crippen molar-refractivity contribution >= 4 is 23.7 Å². The third-order valence-electron chi connectivity index (χ3n) is 2.52. The molecule has 1 aromatic heterocycles. The molecule has 4 heteroatoms. The molecule has 15 heavy (non-hydrogen) atoms. The van der Waals surface area contributed by atoms with E-state index >= 15 is 0 Å². The molecule has 0 fully saturated rings. The van der Waals surface area contributed by atoms with Gasteiger partial charge in [0.15, 0.2) is 0 Å². The van der Waals surface area contributed by atoms with E-state index in [1.165, 1.54) is 0 Å². The quantitative estimate of drug-likeness (QED) is 0.805. The number of benzene rings is 1. The van der Waals surface area contributed by atoms with Crippen LogP contribution in [-0.2, 0) is 13.5 Å². The fourth-order valence-corrected chi connectivity index (χ4v) is 1.88. The minimum absolute atomic E-state index is 0.814. The number of aryl methyl sites for hydroxylation is 2. The van der Waals surface area contributed by atoms with Gasteiger partial charge in [0, 0.05) is 19.5 Å². The Labute approximate surface area is 94.5 Å². The number of thiol groups is 1. The molecule has 0 radical (unpaired) electrons. The van der Waals surface area contributed by atoms with Crippen molar-refractivity contribution < 1.29 is 4.74 Å². The average Bonchev–Trinajstić information content (AvgIpc) is 2.56. The van der Waals surface area contributed by atoms with Crippen LogP contribution < -0.4 is 4.74 Å². The lowest BCUT2D eigenvalue weighted by molar-refractivity contribution is 0.415. The maximum Gasteiger partial charge on any atom is 0.121 e. The molecule has 2 aromatic rings. The largest absolute Gasteiger partial charge is 0.497 e. The number of ether oxygens (including phenoxy) is 1. The Bertz CT molecular complexity index is 479. The predicted octanol–water partition coefficient (Wildman–Crippen LogP) is 2.05. The van der Waals surface area contributed by atoms with Gasteiger partial charge in [-0.3, -0.25) is 0 Å². The van der Waals surface area contributed by atoms with E-state index in [0.29, 0.717) is 0 Å². The summed E-state index contributed by atoms with van der Waals surface area (Å²) in [5.41, 5.74) is 2.11. The predicted molar refractivity (Wildman–Crippen MR) is 64.8 cm³/mol. The molecule has 0 atom stereocenters. The summed E-state index contributed by atoms with van der Waals surface area (Å²) in [7, 11) is 3.69. The van der Waals surface area contributed by atoms with Crippen molar-refractivity contribution in [3.63, 3.8) is 0 Å². The summed E-state index contributed by atoms with van der Waals surface area (Å²) in [5.74, 6) is 2.72. The Hall–Kier alpha value is -1.16. The van der Waals surface area contributed by atoms with Gasteiger partial charge >= 0.3 is 0 Å². The zero-order valence-corrected chi connectivity index (χ0v) is 9.79. The van der Waals surface area contributed by atoms with Crippen LogP contribution in [0.3, 0.4) is 0 Å². The first-order valence-electron chi connectivity index (χ1n) is 4.86. The summed E-state index contributed by atoms with van der Waals surface area (Å²) >= 11 is 4.22. The molecule has 0 N–H and O–H groups in total. The maximum absolute atomic E-state index is 5.17. The molecule has 0 spiro atoms. The number of aromatic nitrogens is 2. The van der Waals surface area contributed by atoms with Gasteiger partial charge in [0.05, 0.1) is 18.1 Å². The Kier molecular flexibility index (Phi) is 2.86. The topological polar surface area (TPSA) is 27.1 Å². The Morgan fingerprint density at radius 1 is 1.47 bits per heavy atom. The third kappa shape index (κ3) is 1.81. The highest BCUT2D eigenvalue weighted by Crippen LogP contribution is 2.21. The van der Waals surface area contributed by atoms with Gasteiger partial charge in [-0.2, -0.15) is 12.6 Å². The highest BCUT2D eigenvalue weighted by Gasteiger charge is 2.07. The van der Waals surface area contributed by atoms with E-state index in [1.54, 1.807) is 7.11 Å². The first kappa shape index (κ1) is 10.4. The number of imidazole rings is 1. The lowest BCUT2D eigenvalue weighted by Gasteiger charge is -2.00. The molecule has 0 unspecified atom stereocenters. The van der Waals surface area contributed by atoms with Crippen molar-refractivity contribution in [3.05, 3.63) is 24.0 Å². The van der Waals surface area contributed by atoms with E-state index in [4.69, 9.17) is 4.74 Å². The fourth-order valence-electron chi connectivity index (χ4n) is 1.68. The van der Waals surface area contributed by atoms with Crippen LogP contribution in [0.15, 0.2) is 18.2 Å². The number of hydrogen-bond acceptors (Lipinski definition) is 3. The summed E-state index contributed by atoms with van der Waals surface area (Å²) in [6.45, 7) is 0. The van der Waals surface area contributed by atoms with E-state index in [0.717, 1.165) is 34.8 Å².